The quantitative estimate of drug-likeness (QED) is 0.643. The average molecular weight is 320 g/mol. The topological polar surface area (TPSA) is 52.1 Å². The molecule has 0 unspecified atom stereocenters. The molecule has 0 bridgehead atoms. The van der Waals surface area contributed by atoms with E-state index in [0.29, 0.717) is 13.2 Å². The first-order chi connectivity index (χ1) is 10.8. The predicted molar refractivity (Wildman–Crippen MR) is 89.4 cm³/mol. The molecule has 0 aromatic heterocycles. The SMILES string of the molecule is COCCCNC(=S)CC1=NCCc2cc3c(cc21)OCO3. The number of thiocarbonyl (C=S) groups is 1. The Morgan fingerprint density at radius 3 is 3.00 bits per heavy atom. The summed E-state index contributed by atoms with van der Waals surface area (Å²) in [5.41, 5.74) is 3.43. The lowest BCUT2D eigenvalue weighted by atomic mass is 9.95. The minimum Gasteiger partial charge on any atom is -0.454 e. The maximum atomic E-state index is 5.47. The second kappa shape index (κ2) is 7.07. The zero-order valence-corrected chi connectivity index (χ0v) is 13.5. The van der Waals surface area contributed by atoms with Crippen LogP contribution < -0.4 is 14.8 Å². The standard InChI is InChI=1S/C16H20N2O3S/c1-19-6-2-4-18-16(22)9-13-12-8-15-14(20-10-21-15)7-11(12)3-5-17-13/h7-8H,2-6,9-10H2,1H3,(H,18,22). The zero-order valence-electron chi connectivity index (χ0n) is 12.7. The number of rotatable bonds is 6. The number of hydrogen-bond acceptors (Lipinski definition) is 5. The van der Waals surface area contributed by atoms with E-state index in [-0.39, 0.29) is 0 Å². The van der Waals surface area contributed by atoms with Gasteiger partial charge in [-0.3, -0.25) is 4.99 Å². The maximum absolute atomic E-state index is 5.47. The highest BCUT2D eigenvalue weighted by Gasteiger charge is 2.22. The highest BCUT2D eigenvalue weighted by atomic mass is 32.1. The number of aliphatic imine (C=N–C) groups is 1. The monoisotopic (exact) mass is 320 g/mol. The Labute approximate surface area is 135 Å². The molecule has 0 spiro atoms. The van der Waals surface area contributed by atoms with E-state index in [1.165, 1.54) is 5.56 Å². The second-order valence-electron chi connectivity index (χ2n) is 5.31. The van der Waals surface area contributed by atoms with Crippen molar-refractivity contribution in [1.82, 2.24) is 5.32 Å². The molecule has 22 heavy (non-hydrogen) atoms. The van der Waals surface area contributed by atoms with Crippen LogP contribution in [0.25, 0.3) is 0 Å². The molecule has 2 heterocycles. The first-order valence-electron chi connectivity index (χ1n) is 7.50. The summed E-state index contributed by atoms with van der Waals surface area (Å²) < 4.78 is 15.9. The largest absolute Gasteiger partial charge is 0.454 e. The molecule has 2 aliphatic heterocycles. The highest BCUT2D eigenvalue weighted by Crippen LogP contribution is 2.36. The van der Waals surface area contributed by atoms with E-state index in [1.54, 1.807) is 7.11 Å². The van der Waals surface area contributed by atoms with Crippen molar-refractivity contribution in [3.63, 3.8) is 0 Å². The van der Waals surface area contributed by atoms with E-state index >= 15 is 0 Å². The van der Waals surface area contributed by atoms with Crippen LogP contribution in [0.2, 0.25) is 0 Å². The van der Waals surface area contributed by atoms with Crippen molar-refractivity contribution >= 4 is 22.9 Å². The third kappa shape index (κ3) is 3.39. The lowest BCUT2D eigenvalue weighted by Gasteiger charge is -2.18. The molecule has 0 saturated heterocycles. The van der Waals surface area contributed by atoms with Crippen molar-refractivity contribution in [1.29, 1.82) is 0 Å². The van der Waals surface area contributed by atoms with Crippen molar-refractivity contribution in [2.24, 2.45) is 4.99 Å². The molecule has 0 aliphatic carbocycles. The van der Waals surface area contributed by atoms with Crippen molar-refractivity contribution < 1.29 is 14.2 Å². The van der Waals surface area contributed by atoms with Gasteiger partial charge in [0, 0.05) is 44.5 Å². The van der Waals surface area contributed by atoms with Gasteiger partial charge in [-0.1, -0.05) is 12.2 Å². The number of nitrogens with one attached hydrogen (secondary N) is 1. The summed E-state index contributed by atoms with van der Waals surface area (Å²) in [6.07, 6.45) is 2.54. The molecule has 3 rings (SSSR count). The molecule has 1 N–H and O–H groups in total. The van der Waals surface area contributed by atoms with Gasteiger partial charge in [-0.05, 0) is 30.5 Å². The lowest BCUT2D eigenvalue weighted by molar-refractivity contribution is 0.174. The Morgan fingerprint density at radius 2 is 2.18 bits per heavy atom. The van der Waals surface area contributed by atoms with Crippen LogP contribution in [0.15, 0.2) is 17.1 Å². The molecule has 6 heteroatoms. The van der Waals surface area contributed by atoms with Crippen LogP contribution >= 0.6 is 12.2 Å². The number of fused-ring (bicyclic) bond motifs is 2. The number of ether oxygens (including phenoxy) is 3. The van der Waals surface area contributed by atoms with E-state index in [4.69, 9.17) is 26.4 Å². The summed E-state index contributed by atoms with van der Waals surface area (Å²) in [5, 5.41) is 3.26. The molecule has 0 saturated carbocycles. The van der Waals surface area contributed by atoms with Crippen LogP contribution in [-0.2, 0) is 11.2 Å². The van der Waals surface area contributed by atoms with Gasteiger partial charge in [-0.15, -0.1) is 0 Å². The van der Waals surface area contributed by atoms with Crippen molar-refractivity contribution in [3.8, 4) is 11.5 Å². The number of methoxy groups -OCH3 is 1. The molecular weight excluding hydrogens is 300 g/mol. The Hall–Kier alpha value is -1.66. The van der Waals surface area contributed by atoms with E-state index in [1.807, 2.05) is 6.07 Å². The number of nitrogens with zero attached hydrogens (tertiary/aromatic N) is 1. The second-order valence-corrected chi connectivity index (χ2v) is 5.81. The van der Waals surface area contributed by atoms with E-state index in [2.05, 4.69) is 16.4 Å². The van der Waals surface area contributed by atoms with E-state index in [0.717, 1.165) is 60.3 Å². The van der Waals surface area contributed by atoms with Crippen molar-refractivity contribution in [2.75, 3.05) is 33.6 Å². The summed E-state index contributed by atoms with van der Waals surface area (Å²) in [4.78, 5) is 5.47. The molecule has 0 radical (unpaired) electrons. The normalized spacial score (nSPS) is 15.2. The molecule has 1 aromatic rings. The fourth-order valence-electron chi connectivity index (χ4n) is 2.67. The summed E-state index contributed by atoms with van der Waals surface area (Å²) in [7, 11) is 1.70. The lowest BCUT2D eigenvalue weighted by Crippen LogP contribution is -2.27. The molecule has 5 nitrogen and oxygen atoms in total. The number of benzene rings is 1. The van der Waals surface area contributed by atoms with Crippen LogP contribution in [0.3, 0.4) is 0 Å². The molecule has 2 aliphatic rings. The van der Waals surface area contributed by atoms with Gasteiger partial charge in [0.2, 0.25) is 6.79 Å². The summed E-state index contributed by atoms with van der Waals surface area (Å²) >= 11 is 5.42. The first-order valence-corrected chi connectivity index (χ1v) is 7.90. The summed E-state index contributed by atoms with van der Waals surface area (Å²) in [6, 6.07) is 4.10. The van der Waals surface area contributed by atoms with Crippen LogP contribution in [0.4, 0.5) is 0 Å². The van der Waals surface area contributed by atoms with E-state index in [9.17, 15) is 0 Å². The van der Waals surface area contributed by atoms with Gasteiger partial charge in [0.25, 0.3) is 0 Å². The van der Waals surface area contributed by atoms with Gasteiger partial charge >= 0.3 is 0 Å². The molecule has 118 valence electrons. The Bertz CT molecular complexity index is 601. The third-order valence-corrected chi connectivity index (χ3v) is 4.06. The maximum Gasteiger partial charge on any atom is 0.231 e. The number of hydrogen-bond donors (Lipinski definition) is 1. The van der Waals surface area contributed by atoms with Crippen LogP contribution in [0.1, 0.15) is 24.0 Å². The van der Waals surface area contributed by atoms with E-state index < -0.39 is 0 Å². The zero-order chi connectivity index (χ0) is 15.4. The van der Waals surface area contributed by atoms with Crippen molar-refractivity contribution in [2.45, 2.75) is 19.3 Å². The average Bonchev–Trinajstić information content (AvgIpc) is 2.97. The minimum atomic E-state index is 0.296. The molecular formula is C16H20N2O3S. The van der Waals surface area contributed by atoms with Gasteiger partial charge in [-0.25, -0.2) is 0 Å². The molecule has 0 fully saturated rings. The molecule has 1 aromatic carbocycles. The highest BCUT2D eigenvalue weighted by molar-refractivity contribution is 7.80. The van der Waals surface area contributed by atoms with Gasteiger partial charge in [-0.2, -0.15) is 0 Å². The smallest absolute Gasteiger partial charge is 0.231 e. The van der Waals surface area contributed by atoms with Gasteiger partial charge in [0.1, 0.15) is 0 Å². The molecule has 0 atom stereocenters. The minimum absolute atomic E-state index is 0.296. The summed E-state index contributed by atoms with van der Waals surface area (Å²) in [5.74, 6) is 1.63. The summed E-state index contributed by atoms with van der Waals surface area (Å²) in [6.45, 7) is 2.66. The first kappa shape index (κ1) is 15.2. The fraction of sp³-hybridized carbons (Fsp3) is 0.500. The van der Waals surface area contributed by atoms with Gasteiger partial charge in [0.15, 0.2) is 11.5 Å². The Morgan fingerprint density at radius 1 is 1.36 bits per heavy atom. The fourth-order valence-corrected chi connectivity index (χ4v) is 2.90. The predicted octanol–water partition coefficient (Wildman–Crippen LogP) is 2.10. The van der Waals surface area contributed by atoms with Crippen LogP contribution in [0.5, 0.6) is 11.5 Å². The van der Waals surface area contributed by atoms with Crippen LogP contribution in [-0.4, -0.2) is 44.3 Å². The van der Waals surface area contributed by atoms with Crippen molar-refractivity contribution in [3.05, 3.63) is 23.3 Å². The third-order valence-electron chi connectivity index (χ3n) is 3.77. The molecule has 0 amide bonds. The van der Waals surface area contributed by atoms with Gasteiger partial charge in [0.05, 0.1) is 4.99 Å². The van der Waals surface area contributed by atoms with Gasteiger partial charge < -0.3 is 19.5 Å². The Balaban J connectivity index is 1.66. The Kier molecular flexibility index (Phi) is 4.90. The van der Waals surface area contributed by atoms with Crippen LogP contribution in [0, 0.1) is 0 Å².